The fourth-order valence-corrected chi connectivity index (χ4v) is 3.14. The molecule has 10 nitrogen and oxygen atoms in total. The largest absolute Gasteiger partial charge is 0.465 e. The smallest absolute Gasteiger partial charge is 0.419 e. The molecule has 1 aliphatic rings. The van der Waals surface area contributed by atoms with Gasteiger partial charge in [0.1, 0.15) is 6.10 Å². The lowest BCUT2D eigenvalue weighted by molar-refractivity contribution is -0.138. The molecule has 1 saturated heterocycles. The maximum atomic E-state index is 12.6. The third kappa shape index (κ3) is 5.09. The summed E-state index contributed by atoms with van der Waals surface area (Å²) in [6.45, 7) is 0.815. The molecule has 0 unspecified atom stereocenters. The number of halogens is 3. The summed E-state index contributed by atoms with van der Waals surface area (Å²) in [5.74, 6) is -0.659. The number of carboxylic acid groups (broad SMARTS) is 1. The molecule has 1 fully saturated rings. The first kappa shape index (κ1) is 22.2. The average Bonchev–Trinajstić information content (AvgIpc) is 3.30. The van der Waals surface area contributed by atoms with Gasteiger partial charge in [0.05, 0.1) is 18.7 Å². The molecule has 2 aromatic heterocycles. The summed E-state index contributed by atoms with van der Waals surface area (Å²) >= 11 is 0. The van der Waals surface area contributed by atoms with Crippen molar-refractivity contribution < 1.29 is 32.6 Å². The Labute approximate surface area is 184 Å². The zero-order chi connectivity index (χ0) is 23.6. The number of anilines is 1. The molecule has 172 valence electrons. The summed E-state index contributed by atoms with van der Waals surface area (Å²) in [7, 11) is 0. The number of carbonyl (C=O) groups excluding carboxylic acids is 1. The van der Waals surface area contributed by atoms with Gasteiger partial charge in [-0.3, -0.25) is 4.79 Å². The summed E-state index contributed by atoms with van der Waals surface area (Å²) in [5, 5.41) is 15.8. The predicted octanol–water partition coefficient (Wildman–Crippen LogP) is 2.98. The number of hydrogen-bond acceptors (Lipinski definition) is 6. The van der Waals surface area contributed by atoms with Crippen molar-refractivity contribution in [3.05, 3.63) is 65.7 Å². The van der Waals surface area contributed by atoms with Gasteiger partial charge in [-0.05, 0) is 23.8 Å². The number of amides is 2. The SMILES string of the molecule is O=C(Nc1ccc([C@H]2CN(C(=O)O)CCO2)cc1)c1ccn(-c2ncc(C(F)(F)F)cn2)n1. The van der Waals surface area contributed by atoms with Gasteiger partial charge in [0, 0.05) is 30.8 Å². The van der Waals surface area contributed by atoms with Gasteiger partial charge in [0.15, 0.2) is 5.69 Å². The summed E-state index contributed by atoms with van der Waals surface area (Å²) in [6, 6.07) is 8.11. The molecule has 2 amide bonds. The van der Waals surface area contributed by atoms with Crippen LogP contribution in [0.25, 0.3) is 5.95 Å². The number of nitrogens with zero attached hydrogens (tertiary/aromatic N) is 5. The average molecular weight is 462 g/mol. The topological polar surface area (TPSA) is 122 Å². The molecule has 3 aromatic rings. The third-order valence-corrected chi connectivity index (χ3v) is 4.87. The number of benzene rings is 1. The van der Waals surface area contributed by atoms with Gasteiger partial charge in [0.2, 0.25) is 5.95 Å². The molecular weight excluding hydrogens is 445 g/mol. The molecular formula is C20H17F3N6O4. The zero-order valence-corrected chi connectivity index (χ0v) is 16.9. The Balaban J connectivity index is 1.40. The highest BCUT2D eigenvalue weighted by Crippen LogP contribution is 2.28. The minimum absolute atomic E-state index is 0.00953. The molecule has 0 spiro atoms. The van der Waals surface area contributed by atoms with Crippen molar-refractivity contribution in [3.63, 3.8) is 0 Å². The summed E-state index contributed by atoms with van der Waals surface area (Å²) < 4.78 is 44.6. The van der Waals surface area contributed by atoms with Crippen molar-refractivity contribution in [1.29, 1.82) is 0 Å². The Morgan fingerprint density at radius 2 is 1.82 bits per heavy atom. The van der Waals surface area contributed by atoms with Crippen molar-refractivity contribution >= 4 is 17.7 Å². The Kier molecular flexibility index (Phi) is 5.96. The Bertz CT molecular complexity index is 1150. The number of alkyl halides is 3. The fraction of sp³-hybridized carbons (Fsp3) is 0.250. The summed E-state index contributed by atoms with van der Waals surface area (Å²) in [6.07, 6.45) is -3.34. The normalized spacial score (nSPS) is 16.5. The van der Waals surface area contributed by atoms with Crippen LogP contribution in [0.3, 0.4) is 0 Å². The molecule has 0 saturated carbocycles. The number of morpholine rings is 1. The maximum Gasteiger partial charge on any atom is 0.419 e. The quantitative estimate of drug-likeness (QED) is 0.611. The summed E-state index contributed by atoms with van der Waals surface area (Å²) in [5.41, 5.74) is 0.252. The molecule has 2 N–H and O–H groups in total. The lowest BCUT2D eigenvalue weighted by Gasteiger charge is -2.31. The lowest BCUT2D eigenvalue weighted by atomic mass is 10.1. The standard InChI is InChI=1S/C20H17F3N6O4/c21-20(22,23)13-9-24-18(25-10-13)29-6-5-15(27-29)17(30)26-14-3-1-12(2-4-14)16-11-28(19(31)32)7-8-33-16/h1-6,9-10,16H,7-8,11H2,(H,26,30)(H,31,32)/t16-/m1/s1. The van der Waals surface area contributed by atoms with E-state index in [-0.39, 0.29) is 18.2 Å². The molecule has 3 heterocycles. The lowest BCUT2D eigenvalue weighted by Crippen LogP contribution is -2.41. The molecule has 13 heteroatoms. The van der Waals surface area contributed by atoms with E-state index in [0.717, 1.165) is 10.2 Å². The second-order valence-electron chi connectivity index (χ2n) is 7.08. The van der Waals surface area contributed by atoms with Crippen LogP contribution < -0.4 is 5.32 Å². The van der Waals surface area contributed by atoms with Gasteiger partial charge >= 0.3 is 12.3 Å². The first-order valence-electron chi connectivity index (χ1n) is 9.67. The number of aromatic nitrogens is 4. The van der Waals surface area contributed by atoms with Gasteiger partial charge in [0.25, 0.3) is 5.91 Å². The van der Waals surface area contributed by atoms with E-state index in [9.17, 15) is 22.8 Å². The van der Waals surface area contributed by atoms with E-state index in [1.807, 2.05) is 0 Å². The second kappa shape index (κ2) is 8.86. The molecule has 0 aliphatic carbocycles. The minimum Gasteiger partial charge on any atom is -0.465 e. The second-order valence-corrected chi connectivity index (χ2v) is 7.08. The van der Waals surface area contributed by atoms with Crippen LogP contribution in [0.15, 0.2) is 48.9 Å². The van der Waals surface area contributed by atoms with Gasteiger partial charge in [-0.15, -0.1) is 0 Å². The highest BCUT2D eigenvalue weighted by atomic mass is 19.4. The van der Waals surface area contributed by atoms with Gasteiger partial charge < -0.3 is 20.1 Å². The van der Waals surface area contributed by atoms with E-state index in [1.165, 1.54) is 17.2 Å². The Morgan fingerprint density at radius 3 is 2.45 bits per heavy atom. The fourth-order valence-electron chi connectivity index (χ4n) is 3.14. The number of hydrogen-bond donors (Lipinski definition) is 2. The first-order chi connectivity index (χ1) is 15.7. The molecule has 1 aliphatic heterocycles. The van der Waals surface area contributed by atoms with Gasteiger partial charge in [-0.1, -0.05) is 12.1 Å². The first-order valence-corrected chi connectivity index (χ1v) is 9.67. The van der Waals surface area contributed by atoms with E-state index in [2.05, 4.69) is 20.4 Å². The van der Waals surface area contributed by atoms with Crippen molar-refractivity contribution in [2.24, 2.45) is 0 Å². The monoisotopic (exact) mass is 462 g/mol. The Hall–Kier alpha value is -4.00. The van der Waals surface area contributed by atoms with E-state index in [0.29, 0.717) is 31.2 Å². The third-order valence-electron chi connectivity index (χ3n) is 4.87. The Morgan fingerprint density at radius 1 is 1.12 bits per heavy atom. The number of ether oxygens (including phenoxy) is 1. The van der Waals surface area contributed by atoms with Crippen LogP contribution in [0.5, 0.6) is 0 Å². The van der Waals surface area contributed by atoms with Crippen molar-refractivity contribution in [2.45, 2.75) is 12.3 Å². The van der Waals surface area contributed by atoms with Crippen LogP contribution in [0.2, 0.25) is 0 Å². The molecule has 0 radical (unpaired) electrons. The van der Waals surface area contributed by atoms with Crippen LogP contribution in [0.1, 0.15) is 27.7 Å². The summed E-state index contributed by atoms with van der Waals surface area (Å²) in [4.78, 5) is 32.2. The molecule has 33 heavy (non-hydrogen) atoms. The van der Waals surface area contributed by atoms with Crippen molar-refractivity contribution in [2.75, 3.05) is 25.0 Å². The van der Waals surface area contributed by atoms with Crippen molar-refractivity contribution in [3.8, 4) is 5.95 Å². The highest BCUT2D eigenvalue weighted by molar-refractivity contribution is 6.02. The number of nitrogens with one attached hydrogen (secondary N) is 1. The van der Waals surface area contributed by atoms with E-state index in [1.54, 1.807) is 24.3 Å². The van der Waals surface area contributed by atoms with Crippen LogP contribution >= 0.6 is 0 Å². The van der Waals surface area contributed by atoms with E-state index in [4.69, 9.17) is 9.84 Å². The highest BCUT2D eigenvalue weighted by Gasteiger charge is 2.31. The van der Waals surface area contributed by atoms with Crippen LogP contribution in [-0.2, 0) is 10.9 Å². The minimum atomic E-state index is -4.55. The number of carbonyl (C=O) groups is 2. The molecule has 0 bridgehead atoms. The van der Waals surface area contributed by atoms with E-state index >= 15 is 0 Å². The van der Waals surface area contributed by atoms with Crippen LogP contribution in [0, 0.1) is 0 Å². The predicted molar refractivity (Wildman–Crippen MR) is 107 cm³/mol. The van der Waals surface area contributed by atoms with Gasteiger partial charge in [-0.25, -0.2) is 19.4 Å². The van der Waals surface area contributed by atoms with Crippen LogP contribution in [0.4, 0.5) is 23.7 Å². The van der Waals surface area contributed by atoms with Crippen LogP contribution in [-0.4, -0.2) is 61.5 Å². The molecule has 1 atom stereocenters. The van der Waals surface area contributed by atoms with Crippen molar-refractivity contribution in [1.82, 2.24) is 24.6 Å². The maximum absolute atomic E-state index is 12.6. The molecule has 1 aromatic carbocycles. The number of rotatable bonds is 4. The molecule has 4 rings (SSSR count). The zero-order valence-electron chi connectivity index (χ0n) is 16.9. The van der Waals surface area contributed by atoms with Gasteiger partial charge in [-0.2, -0.15) is 18.3 Å². The van der Waals surface area contributed by atoms with E-state index < -0.39 is 29.8 Å².